The van der Waals surface area contributed by atoms with E-state index in [1.54, 1.807) is 36.4 Å². The van der Waals surface area contributed by atoms with Crippen molar-refractivity contribution in [2.45, 2.75) is 0 Å². The summed E-state index contributed by atoms with van der Waals surface area (Å²) in [5.41, 5.74) is 2.31. The topological polar surface area (TPSA) is 91.9 Å². The predicted octanol–water partition coefficient (Wildman–Crippen LogP) is 6.33. The first-order chi connectivity index (χ1) is 19.4. The number of rotatable bonds is 8. The fourth-order valence-electron chi connectivity index (χ4n) is 4.21. The highest BCUT2D eigenvalue weighted by Crippen LogP contribution is 2.34. The molecule has 5 rings (SSSR count). The highest BCUT2D eigenvalue weighted by atomic mass is 35.5. The second kappa shape index (κ2) is 12.4. The Balaban J connectivity index is 1.41. The van der Waals surface area contributed by atoms with E-state index >= 15 is 0 Å². The number of nitrogens with one attached hydrogen (secondary N) is 2. The van der Waals surface area contributed by atoms with Gasteiger partial charge in [0.05, 0.1) is 22.8 Å². The fourth-order valence-corrected chi connectivity index (χ4v) is 4.71. The lowest BCUT2D eigenvalue weighted by molar-refractivity contribution is 0.102. The van der Waals surface area contributed by atoms with E-state index in [0.717, 1.165) is 37.6 Å². The van der Waals surface area contributed by atoms with Crippen LogP contribution in [-0.2, 0) is 0 Å². The largest absolute Gasteiger partial charge is 0.493 e. The molecule has 0 bridgehead atoms. The number of hydrogen-bond donors (Lipinski definition) is 2. The summed E-state index contributed by atoms with van der Waals surface area (Å²) in [5, 5.41) is 6.53. The van der Waals surface area contributed by atoms with E-state index in [1.807, 2.05) is 18.2 Å². The number of nitrogens with zero attached hydrogens (tertiary/aromatic N) is 4. The maximum Gasteiger partial charge on any atom is 0.262 e. The van der Waals surface area contributed by atoms with E-state index in [1.165, 1.54) is 13.3 Å². The van der Waals surface area contributed by atoms with E-state index in [-0.39, 0.29) is 23.1 Å². The van der Waals surface area contributed by atoms with Crippen molar-refractivity contribution < 1.29 is 14.3 Å². The number of benzene rings is 3. The molecule has 40 heavy (non-hydrogen) atoms. The van der Waals surface area contributed by atoms with Crippen molar-refractivity contribution in [2.24, 2.45) is 0 Å². The fraction of sp³-hybridized carbons (Fsp3) is 0.207. The van der Waals surface area contributed by atoms with Gasteiger partial charge in [-0.25, -0.2) is 4.98 Å². The number of methoxy groups -OCH3 is 1. The zero-order valence-electron chi connectivity index (χ0n) is 22.0. The summed E-state index contributed by atoms with van der Waals surface area (Å²) < 4.78 is 11.5. The molecule has 0 spiro atoms. The number of halogens is 2. The summed E-state index contributed by atoms with van der Waals surface area (Å²) in [5.74, 6) is 0.607. The van der Waals surface area contributed by atoms with Gasteiger partial charge in [-0.15, -0.1) is 0 Å². The smallest absolute Gasteiger partial charge is 0.262 e. The van der Waals surface area contributed by atoms with Crippen molar-refractivity contribution in [3.8, 4) is 17.4 Å². The Labute approximate surface area is 242 Å². The van der Waals surface area contributed by atoms with Gasteiger partial charge in [0.1, 0.15) is 5.56 Å². The van der Waals surface area contributed by atoms with Crippen LogP contribution in [0.15, 0.2) is 72.9 Å². The molecule has 0 aliphatic carbocycles. The second-order valence-electron chi connectivity index (χ2n) is 9.18. The molecular weight excluding hydrogens is 551 g/mol. The van der Waals surface area contributed by atoms with Crippen LogP contribution in [0.2, 0.25) is 10.0 Å². The van der Waals surface area contributed by atoms with Gasteiger partial charge >= 0.3 is 0 Å². The SMILES string of the molecule is COc1ccccc1Oc1nc(Nc2ccc(N3CCN(C)CC3)cc2)ncc1C(=O)Nc1c(Cl)cccc1Cl. The Bertz CT molecular complexity index is 1470. The lowest BCUT2D eigenvalue weighted by Gasteiger charge is -2.34. The van der Waals surface area contributed by atoms with Crippen molar-refractivity contribution >= 4 is 52.1 Å². The van der Waals surface area contributed by atoms with Crippen molar-refractivity contribution in [3.63, 3.8) is 0 Å². The van der Waals surface area contributed by atoms with Crippen LogP contribution in [-0.4, -0.2) is 61.1 Å². The minimum Gasteiger partial charge on any atom is -0.493 e. The van der Waals surface area contributed by atoms with Crippen LogP contribution >= 0.6 is 23.2 Å². The zero-order valence-corrected chi connectivity index (χ0v) is 23.5. The third-order valence-electron chi connectivity index (χ3n) is 6.47. The normalized spacial score (nSPS) is 13.6. The number of piperazine rings is 1. The van der Waals surface area contributed by atoms with Crippen LogP contribution in [0.5, 0.6) is 17.4 Å². The molecule has 0 saturated carbocycles. The molecule has 1 aromatic heterocycles. The Morgan fingerprint density at radius 1 is 0.900 bits per heavy atom. The lowest BCUT2D eigenvalue weighted by Crippen LogP contribution is -2.44. The highest BCUT2D eigenvalue weighted by molar-refractivity contribution is 6.40. The molecule has 2 N–H and O–H groups in total. The number of amides is 1. The van der Waals surface area contributed by atoms with Crippen molar-refractivity contribution in [1.29, 1.82) is 0 Å². The quantitative estimate of drug-likeness (QED) is 0.250. The van der Waals surface area contributed by atoms with Crippen LogP contribution in [0.4, 0.5) is 23.0 Å². The molecule has 11 heteroatoms. The molecule has 0 unspecified atom stereocenters. The van der Waals surface area contributed by atoms with Gasteiger partial charge in [0.2, 0.25) is 11.8 Å². The van der Waals surface area contributed by atoms with Crippen LogP contribution in [0, 0.1) is 0 Å². The number of aromatic nitrogens is 2. The van der Waals surface area contributed by atoms with Crippen LogP contribution < -0.4 is 25.0 Å². The summed E-state index contributed by atoms with van der Waals surface area (Å²) in [6.45, 7) is 4.04. The van der Waals surface area contributed by atoms with Crippen molar-refractivity contribution in [3.05, 3.63) is 88.5 Å². The summed E-state index contributed by atoms with van der Waals surface area (Å²) in [6.07, 6.45) is 1.39. The van der Waals surface area contributed by atoms with Crippen molar-refractivity contribution in [2.75, 3.05) is 55.9 Å². The Morgan fingerprint density at radius 3 is 2.25 bits per heavy atom. The van der Waals surface area contributed by atoms with Gasteiger partial charge in [0.25, 0.3) is 5.91 Å². The van der Waals surface area contributed by atoms with Gasteiger partial charge in [-0.2, -0.15) is 4.98 Å². The molecule has 9 nitrogen and oxygen atoms in total. The number of para-hydroxylation sites is 3. The number of likely N-dealkylation sites (N-methyl/N-ethyl adjacent to an activating group) is 1. The second-order valence-corrected chi connectivity index (χ2v) is 9.99. The van der Waals surface area contributed by atoms with E-state index in [4.69, 9.17) is 32.7 Å². The molecule has 1 amide bonds. The summed E-state index contributed by atoms with van der Waals surface area (Å²) in [4.78, 5) is 26.9. The molecule has 1 saturated heterocycles. The first-order valence-corrected chi connectivity index (χ1v) is 13.4. The molecule has 2 heterocycles. The van der Waals surface area contributed by atoms with Gasteiger partial charge in [0, 0.05) is 43.8 Å². The lowest BCUT2D eigenvalue weighted by atomic mass is 10.2. The van der Waals surface area contributed by atoms with E-state index in [9.17, 15) is 4.79 Å². The maximum atomic E-state index is 13.3. The molecular formula is C29H28Cl2N6O3. The summed E-state index contributed by atoms with van der Waals surface area (Å²) in [7, 11) is 3.67. The molecule has 0 atom stereocenters. The average Bonchev–Trinajstić information content (AvgIpc) is 2.96. The molecule has 1 aliphatic rings. The monoisotopic (exact) mass is 578 g/mol. The number of anilines is 4. The van der Waals surface area contributed by atoms with Gasteiger partial charge in [-0.3, -0.25) is 4.79 Å². The Morgan fingerprint density at radius 2 is 1.57 bits per heavy atom. The minimum atomic E-state index is -0.539. The van der Waals surface area contributed by atoms with Crippen LogP contribution in [0.25, 0.3) is 0 Å². The first kappa shape index (κ1) is 27.5. The maximum absolute atomic E-state index is 13.3. The Kier molecular flexibility index (Phi) is 8.54. The summed E-state index contributed by atoms with van der Waals surface area (Å²) in [6, 6.07) is 20.1. The van der Waals surface area contributed by atoms with E-state index in [2.05, 4.69) is 49.6 Å². The van der Waals surface area contributed by atoms with Crippen LogP contribution in [0.3, 0.4) is 0 Å². The van der Waals surface area contributed by atoms with Crippen molar-refractivity contribution in [1.82, 2.24) is 14.9 Å². The molecule has 206 valence electrons. The van der Waals surface area contributed by atoms with Gasteiger partial charge < -0.3 is 29.9 Å². The first-order valence-electron chi connectivity index (χ1n) is 12.6. The highest BCUT2D eigenvalue weighted by Gasteiger charge is 2.21. The van der Waals surface area contributed by atoms with Gasteiger partial charge in [-0.1, -0.05) is 41.4 Å². The zero-order chi connectivity index (χ0) is 28.1. The van der Waals surface area contributed by atoms with Gasteiger partial charge in [-0.05, 0) is 55.6 Å². The predicted molar refractivity (Wildman–Crippen MR) is 159 cm³/mol. The van der Waals surface area contributed by atoms with E-state index in [0.29, 0.717) is 21.5 Å². The number of carbonyl (C=O) groups is 1. The molecule has 4 aromatic rings. The molecule has 3 aromatic carbocycles. The minimum absolute atomic E-state index is 0.0248. The number of ether oxygens (including phenoxy) is 2. The third-order valence-corrected chi connectivity index (χ3v) is 7.10. The molecule has 1 aliphatic heterocycles. The number of carbonyl (C=O) groups excluding carboxylic acids is 1. The standard InChI is InChI=1S/C29H28Cl2N6O3/c1-36-14-16-37(17-15-36)20-12-10-19(11-13-20)33-29-32-18-21(27(38)34-26-22(30)6-5-7-23(26)31)28(35-29)40-25-9-4-3-8-24(25)39-2/h3-13,18H,14-17H2,1-2H3,(H,34,38)(H,32,33,35). The van der Waals surface area contributed by atoms with Gasteiger partial charge in [0.15, 0.2) is 11.5 Å². The third kappa shape index (κ3) is 6.39. The molecule has 0 radical (unpaired) electrons. The summed E-state index contributed by atoms with van der Waals surface area (Å²) >= 11 is 12.5. The molecule has 1 fully saturated rings. The average molecular weight is 579 g/mol. The van der Waals surface area contributed by atoms with E-state index < -0.39 is 5.91 Å². The Hall–Kier alpha value is -4.05. The number of hydrogen-bond acceptors (Lipinski definition) is 8. The van der Waals surface area contributed by atoms with Crippen LogP contribution in [0.1, 0.15) is 10.4 Å².